The third-order valence-electron chi connectivity index (χ3n) is 2.11. The van der Waals surface area contributed by atoms with Crippen LogP contribution in [0.25, 0.3) is 0 Å². The molecule has 0 saturated carbocycles. The SMILES string of the molecule is COCCOc1cc(C(=O)OC)ccc1C=O. The Balaban J connectivity index is 2.90. The molecule has 0 aliphatic carbocycles. The Kier molecular flexibility index (Phi) is 5.16. The fourth-order valence-electron chi connectivity index (χ4n) is 1.24. The molecule has 1 aromatic rings. The van der Waals surface area contributed by atoms with E-state index in [-0.39, 0.29) is 0 Å². The summed E-state index contributed by atoms with van der Waals surface area (Å²) in [6.45, 7) is 0.711. The Morgan fingerprint density at radius 3 is 2.65 bits per heavy atom. The zero-order valence-corrected chi connectivity index (χ0v) is 9.76. The molecule has 0 aromatic heterocycles. The van der Waals surface area contributed by atoms with Gasteiger partial charge in [-0.25, -0.2) is 4.79 Å². The van der Waals surface area contributed by atoms with E-state index >= 15 is 0 Å². The average Bonchev–Trinajstić information content (AvgIpc) is 2.38. The average molecular weight is 238 g/mol. The maximum Gasteiger partial charge on any atom is 0.337 e. The standard InChI is InChI=1S/C12H14O5/c1-15-5-6-17-11-7-9(12(14)16-2)3-4-10(11)8-13/h3-4,7-8H,5-6H2,1-2H3. The van der Waals surface area contributed by atoms with Crippen molar-refractivity contribution >= 4 is 12.3 Å². The molecule has 0 spiro atoms. The number of benzene rings is 1. The zero-order valence-electron chi connectivity index (χ0n) is 9.76. The lowest BCUT2D eigenvalue weighted by Gasteiger charge is -2.09. The highest BCUT2D eigenvalue weighted by Crippen LogP contribution is 2.19. The quantitative estimate of drug-likeness (QED) is 0.425. The Bertz CT molecular complexity index is 400. The first-order valence-corrected chi connectivity index (χ1v) is 5.02. The first kappa shape index (κ1) is 13.2. The third kappa shape index (κ3) is 3.57. The van der Waals surface area contributed by atoms with Crippen LogP contribution in [0.4, 0.5) is 0 Å². The van der Waals surface area contributed by atoms with Gasteiger partial charge in [-0.2, -0.15) is 0 Å². The molecular weight excluding hydrogens is 224 g/mol. The maximum absolute atomic E-state index is 11.3. The van der Waals surface area contributed by atoms with Gasteiger partial charge in [0.15, 0.2) is 6.29 Å². The molecule has 1 aromatic carbocycles. The summed E-state index contributed by atoms with van der Waals surface area (Å²) in [7, 11) is 2.84. The Labute approximate surface area is 99.3 Å². The molecule has 17 heavy (non-hydrogen) atoms. The van der Waals surface area contributed by atoms with Gasteiger partial charge in [-0.15, -0.1) is 0 Å². The van der Waals surface area contributed by atoms with Crippen LogP contribution in [0.15, 0.2) is 18.2 Å². The van der Waals surface area contributed by atoms with Crippen molar-refractivity contribution < 1.29 is 23.8 Å². The largest absolute Gasteiger partial charge is 0.490 e. The number of aldehydes is 1. The van der Waals surface area contributed by atoms with Crippen molar-refractivity contribution in [3.8, 4) is 5.75 Å². The molecule has 0 unspecified atom stereocenters. The van der Waals surface area contributed by atoms with E-state index in [1.165, 1.54) is 25.3 Å². The van der Waals surface area contributed by atoms with Crippen molar-refractivity contribution in [3.63, 3.8) is 0 Å². The minimum absolute atomic E-state index is 0.308. The molecule has 0 aliphatic rings. The van der Waals surface area contributed by atoms with Crippen LogP contribution in [0.5, 0.6) is 5.75 Å². The zero-order chi connectivity index (χ0) is 12.7. The van der Waals surface area contributed by atoms with Crippen LogP contribution in [0.1, 0.15) is 20.7 Å². The fourth-order valence-corrected chi connectivity index (χ4v) is 1.24. The van der Waals surface area contributed by atoms with Crippen molar-refractivity contribution in [1.29, 1.82) is 0 Å². The molecule has 0 heterocycles. The highest BCUT2D eigenvalue weighted by molar-refractivity contribution is 5.91. The van der Waals surface area contributed by atoms with Gasteiger partial charge >= 0.3 is 5.97 Å². The highest BCUT2D eigenvalue weighted by Gasteiger charge is 2.10. The molecule has 0 radical (unpaired) electrons. The number of hydrogen-bond donors (Lipinski definition) is 0. The van der Waals surface area contributed by atoms with Crippen LogP contribution >= 0.6 is 0 Å². The Morgan fingerprint density at radius 1 is 1.29 bits per heavy atom. The van der Waals surface area contributed by atoms with E-state index in [0.29, 0.717) is 36.4 Å². The number of hydrogen-bond acceptors (Lipinski definition) is 5. The van der Waals surface area contributed by atoms with Gasteiger partial charge in [-0.3, -0.25) is 4.79 Å². The molecule has 92 valence electrons. The van der Waals surface area contributed by atoms with Crippen molar-refractivity contribution in [2.75, 3.05) is 27.4 Å². The maximum atomic E-state index is 11.3. The van der Waals surface area contributed by atoms with E-state index in [1.807, 2.05) is 0 Å². The second-order valence-corrected chi connectivity index (χ2v) is 3.20. The molecule has 1 rings (SSSR count). The molecule has 0 amide bonds. The van der Waals surface area contributed by atoms with Gasteiger partial charge in [-0.05, 0) is 18.2 Å². The number of rotatable bonds is 6. The number of ether oxygens (including phenoxy) is 3. The molecule has 5 heteroatoms. The topological polar surface area (TPSA) is 61.8 Å². The number of carbonyl (C=O) groups is 2. The summed E-state index contributed by atoms with van der Waals surface area (Å²) in [4.78, 5) is 22.1. The highest BCUT2D eigenvalue weighted by atomic mass is 16.5. The summed E-state index contributed by atoms with van der Waals surface area (Å²) in [5, 5.41) is 0. The summed E-state index contributed by atoms with van der Waals surface area (Å²) < 4.78 is 14.8. The molecule has 5 nitrogen and oxygen atoms in total. The predicted octanol–water partition coefficient (Wildman–Crippen LogP) is 1.31. The van der Waals surface area contributed by atoms with Gasteiger partial charge in [0.2, 0.25) is 0 Å². The summed E-state index contributed by atoms with van der Waals surface area (Å²) in [5.41, 5.74) is 0.722. The van der Waals surface area contributed by atoms with Crippen LogP contribution < -0.4 is 4.74 Å². The van der Waals surface area contributed by atoms with E-state index < -0.39 is 5.97 Å². The summed E-state index contributed by atoms with van der Waals surface area (Å²) in [5.74, 6) is -0.126. The molecule has 0 saturated heterocycles. The second-order valence-electron chi connectivity index (χ2n) is 3.20. The van der Waals surface area contributed by atoms with E-state index in [9.17, 15) is 9.59 Å². The van der Waals surface area contributed by atoms with E-state index in [1.54, 1.807) is 7.11 Å². The molecular formula is C12H14O5. The van der Waals surface area contributed by atoms with Gasteiger partial charge in [0, 0.05) is 7.11 Å². The number of carbonyl (C=O) groups excluding carboxylic acids is 2. The first-order valence-electron chi connectivity index (χ1n) is 5.02. The van der Waals surface area contributed by atoms with E-state index in [2.05, 4.69) is 4.74 Å². The van der Waals surface area contributed by atoms with Gasteiger partial charge in [0.1, 0.15) is 12.4 Å². The van der Waals surface area contributed by atoms with E-state index in [4.69, 9.17) is 9.47 Å². The van der Waals surface area contributed by atoms with Crippen molar-refractivity contribution in [2.45, 2.75) is 0 Å². The second kappa shape index (κ2) is 6.65. The van der Waals surface area contributed by atoms with Crippen LogP contribution in [0, 0.1) is 0 Å². The molecule has 0 bridgehead atoms. The predicted molar refractivity (Wildman–Crippen MR) is 60.5 cm³/mol. The first-order chi connectivity index (χ1) is 8.22. The molecule has 0 aliphatic heterocycles. The van der Waals surface area contributed by atoms with Crippen LogP contribution in [-0.4, -0.2) is 39.7 Å². The van der Waals surface area contributed by atoms with Gasteiger partial charge < -0.3 is 14.2 Å². The fraction of sp³-hybridized carbons (Fsp3) is 0.333. The van der Waals surface area contributed by atoms with Gasteiger partial charge in [0.25, 0.3) is 0 Å². The normalized spacial score (nSPS) is 9.76. The van der Waals surface area contributed by atoms with E-state index in [0.717, 1.165) is 0 Å². The third-order valence-corrected chi connectivity index (χ3v) is 2.11. The van der Waals surface area contributed by atoms with Gasteiger partial charge in [-0.1, -0.05) is 0 Å². The number of esters is 1. The molecule has 0 N–H and O–H groups in total. The number of methoxy groups -OCH3 is 2. The summed E-state index contributed by atoms with van der Waals surface area (Å²) in [6.07, 6.45) is 0.670. The molecule has 0 atom stereocenters. The monoisotopic (exact) mass is 238 g/mol. The summed E-state index contributed by atoms with van der Waals surface area (Å²) in [6, 6.07) is 4.51. The van der Waals surface area contributed by atoms with Crippen molar-refractivity contribution in [3.05, 3.63) is 29.3 Å². The van der Waals surface area contributed by atoms with Crippen LogP contribution in [0.3, 0.4) is 0 Å². The summed E-state index contributed by atoms with van der Waals surface area (Å²) >= 11 is 0. The van der Waals surface area contributed by atoms with Crippen molar-refractivity contribution in [2.24, 2.45) is 0 Å². The molecule has 0 fully saturated rings. The van der Waals surface area contributed by atoms with Crippen LogP contribution in [-0.2, 0) is 9.47 Å². The van der Waals surface area contributed by atoms with Crippen molar-refractivity contribution in [1.82, 2.24) is 0 Å². The minimum Gasteiger partial charge on any atom is -0.490 e. The Morgan fingerprint density at radius 2 is 2.06 bits per heavy atom. The lowest BCUT2D eigenvalue weighted by molar-refractivity contribution is 0.0599. The lowest BCUT2D eigenvalue weighted by atomic mass is 10.1. The van der Waals surface area contributed by atoms with Gasteiger partial charge in [0.05, 0.1) is 24.8 Å². The smallest absolute Gasteiger partial charge is 0.337 e. The Hall–Kier alpha value is -1.88. The minimum atomic E-state index is -0.473. The lowest BCUT2D eigenvalue weighted by Crippen LogP contribution is -2.08. The van der Waals surface area contributed by atoms with Crippen LogP contribution in [0.2, 0.25) is 0 Å².